The second-order valence-electron chi connectivity index (χ2n) is 6.13. The maximum Gasteiger partial charge on any atom is 0.239 e. The van der Waals surface area contributed by atoms with Crippen molar-refractivity contribution in [3.63, 3.8) is 0 Å². The molecule has 1 aromatic heterocycles. The fraction of sp³-hybridized carbons (Fsp3) is 0.500. The number of thioether (sulfide) groups is 1. The van der Waals surface area contributed by atoms with E-state index in [0.717, 1.165) is 17.1 Å². The summed E-state index contributed by atoms with van der Waals surface area (Å²) in [5.41, 5.74) is 2.06. The molecule has 0 aliphatic heterocycles. The van der Waals surface area contributed by atoms with Gasteiger partial charge in [0.15, 0.2) is 5.82 Å². The van der Waals surface area contributed by atoms with Crippen LogP contribution in [0, 0.1) is 0 Å². The molecule has 0 amide bonds. The molecule has 1 heterocycles. The number of benzene rings is 1. The molecule has 0 saturated heterocycles. The zero-order chi connectivity index (χ0) is 15.5. The van der Waals surface area contributed by atoms with Crippen molar-refractivity contribution in [2.45, 2.75) is 50.7 Å². The molecule has 1 N–H and O–H groups in total. The van der Waals surface area contributed by atoms with Crippen LogP contribution in [0.5, 0.6) is 0 Å². The van der Waals surface area contributed by atoms with Crippen molar-refractivity contribution in [2.75, 3.05) is 0 Å². The average Bonchev–Trinajstić information content (AvgIpc) is 2.95. The van der Waals surface area contributed by atoms with Gasteiger partial charge in [-0.1, -0.05) is 50.2 Å². The van der Waals surface area contributed by atoms with Gasteiger partial charge in [-0.05, 0) is 18.1 Å². The molecule has 2 rings (SSSR count). The first-order valence-electron chi connectivity index (χ1n) is 7.04. The molecule has 1 unspecified atom stereocenters. The molecule has 0 spiro atoms. The van der Waals surface area contributed by atoms with Crippen LogP contribution in [0.1, 0.15) is 55.8 Å². The minimum absolute atomic E-state index is 0.0847. The van der Waals surface area contributed by atoms with E-state index in [-0.39, 0.29) is 17.3 Å². The van der Waals surface area contributed by atoms with E-state index in [1.807, 2.05) is 24.3 Å². The van der Waals surface area contributed by atoms with Crippen molar-refractivity contribution >= 4 is 11.8 Å². The summed E-state index contributed by atoms with van der Waals surface area (Å²) in [6.07, 6.45) is 0. The van der Waals surface area contributed by atoms with Crippen LogP contribution < -0.4 is 0 Å². The number of aliphatic hydroxyl groups excluding tert-OH is 1. The lowest BCUT2D eigenvalue weighted by Gasteiger charge is -2.11. The zero-order valence-corrected chi connectivity index (χ0v) is 13.8. The van der Waals surface area contributed by atoms with Gasteiger partial charge in [-0.2, -0.15) is 4.98 Å². The smallest absolute Gasteiger partial charge is 0.239 e. The van der Waals surface area contributed by atoms with Gasteiger partial charge in [0.2, 0.25) is 5.89 Å². The third-order valence-electron chi connectivity index (χ3n) is 3.17. The second kappa shape index (κ2) is 6.62. The van der Waals surface area contributed by atoms with E-state index < -0.39 is 0 Å². The summed E-state index contributed by atoms with van der Waals surface area (Å²) in [4.78, 5) is 4.49. The van der Waals surface area contributed by atoms with Gasteiger partial charge in [-0.3, -0.25) is 0 Å². The molecule has 1 aromatic carbocycles. The van der Waals surface area contributed by atoms with Crippen LogP contribution >= 0.6 is 11.8 Å². The Morgan fingerprint density at radius 1 is 1.19 bits per heavy atom. The molecule has 0 radical (unpaired) electrons. The van der Waals surface area contributed by atoms with Crippen LogP contribution in [-0.4, -0.2) is 15.2 Å². The maximum absolute atomic E-state index is 9.03. The molecule has 0 bridgehead atoms. The van der Waals surface area contributed by atoms with Gasteiger partial charge in [0.1, 0.15) is 0 Å². The maximum atomic E-state index is 9.03. The molecule has 21 heavy (non-hydrogen) atoms. The fourth-order valence-electron chi connectivity index (χ4n) is 1.74. The van der Waals surface area contributed by atoms with E-state index in [0.29, 0.717) is 5.89 Å². The first-order chi connectivity index (χ1) is 9.90. The zero-order valence-electron chi connectivity index (χ0n) is 13.0. The highest BCUT2D eigenvalue weighted by Crippen LogP contribution is 2.31. The largest absolute Gasteiger partial charge is 0.392 e. The molecular weight excluding hydrogens is 284 g/mol. The Morgan fingerprint density at radius 3 is 2.33 bits per heavy atom. The molecule has 0 aliphatic carbocycles. The van der Waals surface area contributed by atoms with E-state index >= 15 is 0 Å². The third-order valence-corrected chi connectivity index (χ3v) is 4.37. The Hall–Kier alpha value is -1.33. The number of hydrogen-bond donors (Lipinski definition) is 1. The van der Waals surface area contributed by atoms with E-state index in [1.54, 1.807) is 11.8 Å². The van der Waals surface area contributed by atoms with Crippen molar-refractivity contribution in [3.8, 4) is 0 Å². The van der Waals surface area contributed by atoms with E-state index in [9.17, 15) is 0 Å². The van der Waals surface area contributed by atoms with Crippen molar-refractivity contribution in [1.29, 1.82) is 0 Å². The lowest BCUT2D eigenvalue weighted by atomic mass is 9.96. The Labute approximate surface area is 130 Å². The minimum atomic E-state index is -0.0910. The number of hydrogen-bond acceptors (Lipinski definition) is 5. The van der Waals surface area contributed by atoms with Crippen LogP contribution in [-0.2, 0) is 17.8 Å². The highest BCUT2D eigenvalue weighted by atomic mass is 32.2. The summed E-state index contributed by atoms with van der Waals surface area (Å²) >= 11 is 1.76. The number of aliphatic hydroxyl groups is 1. The van der Waals surface area contributed by atoms with Crippen molar-refractivity contribution < 1.29 is 9.63 Å². The lowest BCUT2D eigenvalue weighted by Crippen LogP contribution is -2.13. The molecule has 0 fully saturated rings. The van der Waals surface area contributed by atoms with Crippen LogP contribution in [0.15, 0.2) is 28.8 Å². The summed E-state index contributed by atoms with van der Waals surface area (Å²) in [5, 5.41) is 13.2. The minimum Gasteiger partial charge on any atom is -0.392 e. The van der Waals surface area contributed by atoms with Gasteiger partial charge in [-0.25, -0.2) is 0 Å². The van der Waals surface area contributed by atoms with Crippen LogP contribution in [0.2, 0.25) is 0 Å². The second-order valence-corrected chi connectivity index (χ2v) is 7.46. The molecule has 0 aliphatic rings. The highest BCUT2D eigenvalue weighted by Gasteiger charge is 2.23. The quantitative estimate of drug-likeness (QED) is 0.909. The summed E-state index contributed by atoms with van der Waals surface area (Å²) in [6.45, 7) is 8.38. The third kappa shape index (κ3) is 4.32. The van der Waals surface area contributed by atoms with Gasteiger partial charge in [0.05, 0.1) is 11.9 Å². The number of aromatic nitrogens is 2. The molecule has 4 nitrogen and oxygen atoms in total. The number of rotatable bonds is 5. The van der Waals surface area contributed by atoms with Gasteiger partial charge < -0.3 is 9.63 Å². The molecule has 5 heteroatoms. The highest BCUT2D eigenvalue weighted by molar-refractivity contribution is 7.98. The van der Waals surface area contributed by atoms with Crippen LogP contribution in [0.3, 0.4) is 0 Å². The van der Waals surface area contributed by atoms with E-state index in [1.165, 1.54) is 5.56 Å². The topological polar surface area (TPSA) is 59.2 Å². The molecule has 0 saturated carbocycles. The molecule has 114 valence electrons. The summed E-state index contributed by atoms with van der Waals surface area (Å²) in [5.74, 6) is 2.30. The first-order valence-corrected chi connectivity index (χ1v) is 8.09. The van der Waals surface area contributed by atoms with E-state index in [4.69, 9.17) is 9.63 Å². The van der Waals surface area contributed by atoms with Crippen molar-refractivity contribution in [1.82, 2.24) is 10.1 Å². The first kappa shape index (κ1) is 16.0. The fourth-order valence-corrected chi connectivity index (χ4v) is 2.61. The van der Waals surface area contributed by atoms with Crippen molar-refractivity contribution in [2.24, 2.45) is 0 Å². The summed E-state index contributed by atoms with van der Waals surface area (Å²) in [7, 11) is 0. The normalized spacial score (nSPS) is 13.4. The average molecular weight is 306 g/mol. The SMILES string of the molecule is CC(SCc1ccc(CO)cc1)c1nc(C(C)(C)C)no1. The Bertz CT molecular complexity index is 573. The Morgan fingerprint density at radius 2 is 1.81 bits per heavy atom. The van der Waals surface area contributed by atoms with Crippen LogP contribution in [0.4, 0.5) is 0 Å². The van der Waals surface area contributed by atoms with Crippen molar-refractivity contribution in [3.05, 3.63) is 47.1 Å². The Kier molecular flexibility index (Phi) is 5.06. The molecule has 2 aromatic rings. The van der Waals surface area contributed by atoms with Gasteiger partial charge >= 0.3 is 0 Å². The lowest BCUT2D eigenvalue weighted by molar-refractivity contribution is 0.282. The van der Waals surface area contributed by atoms with Gasteiger partial charge in [-0.15, -0.1) is 11.8 Å². The van der Waals surface area contributed by atoms with Crippen LogP contribution in [0.25, 0.3) is 0 Å². The monoisotopic (exact) mass is 306 g/mol. The standard InChI is InChI=1S/C16H22N2O2S/c1-11(14-17-15(18-20-14)16(2,3)4)21-10-13-7-5-12(9-19)6-8-13/h5-8,11,19H,9-10H2,1-4H3. The van der Waals surface area contributed by atoms with Gasteiger partial charge in [0, 0.05) is 11.2 Å². The molecular formula is C16H22N2O2S. The molecule has 1 atom stereocenters. The summed E-state index contributed by atoms with van der Waals surface area (Å²) < 4.78 is 5.36. The van der Waals surface area contributed by atoms with E-state index in [2.05, 4.69) is 37.8 Å². The predicted molar refractivity (Wildman–Crippen MR) is 85.1 cm³/mol. The number of nitrogens with zero attached hydrogens (tertiary/aromatic N) is 2. The van der Waals surface area contributed by atoms with Gasteiger partial charge in [0.25, 0.3) is 0 Å². The Balaban J connectivity index is 1.94. The summed E-state index contributed by atoms with van der Waals surface area (Å²) in [6, 6.07) is 7.98. The predicted octanol–water partition coefficient (Wildman–Crippen LogP) is 3.85.